The van der Waals surface area contributed by atoms with Crippen molar-refractivity contribution in [2.75, 3.05) is 43.0 Å². The summed E-state index contributed by atoms with van der Waals surface area (Å²) in [5, 5.41) is 7.01. The number of rotatable bonds is 3. The second-order valence-corrected chi connectivity index (χ2v) is 9.40. The van der Waals surface area contributed by atoms with E-state index in [4.69, 9.17) is 0 Å². The monoisotopic (exact) mass is 418 g/mol. The molecule has 0 aliphatic carbocycles. The first-order valence-electron chi connectivity index (χ1n) is 9.43. The molecule has 0 saturated carbocycles. The van der Waals surface area contributed by atoms with Crippen molar-refractivity contribution in [2.45, 2.75) is 6.42 Å². The SMILES string of the molecule is O=C(Nc1cccnc1-n1cccn1)N1CCN(C(=O)C2CCS(=O)(=O)C2)CC1. The number of sulfone groups is 1. The molecule has 0 aromatic carbocycles. The molecule has 154 valence electrons. The minimum atomic E-state index is -3.10. The van der Waals surface area contributed by atoms with Crippen LogP contribution in [0.5, 0.6) is 0 Å². The number of aromatic nitrogens is 3. The maximum Gasteiger partial charge on any atom is 0.322 e. The van der Waals surface area contributed by atoms with Gasteiger partial charge in [0, 0.05) is 44.8 Å². The number of nitrogens with one attached hydrogen (secondary N) is 1. The quantitative estimate of drug-likeness (QED) is 0.770. The van der Waals surface area contributed by atoms with Crippen LogP contribution in [-0.2, 0) is 14.6 Å². The van der Waals surface area contributed by atoms with E-state index in [1.54, 1.807) is 51.3 Å². The number of amides is 3. The lowest BCUT2D eigenvalue weighted by Gasteiger charge is -2.35. The largest absolute Gasteiger partial charge is 0.339 e. The lowest BCUT2D eigenvalue weighted by Crippen LogP contribution is -2.53. The summed E-state index contributed by atoms with van der Waals surface area (Å²) in [5.74, 6) is -0.0481. The average molecular weight is 418 g/mol. The fourth-order valence-corrected chi connectivity index (χ4v) is 5.38. The molecule has 4 heterocycles. The minimum absolute atomic E-state index is 0.0657. The zero-order valence-corrected chi connectivity index (χ0v) is 16.6. The van der Waals surface area contributed by atoms with Crippen LogP contribution < -0.4 is 5.32 Å². The summed E-state index contributed by atoms with van der Waals surface area (Å²) >= 11 is 0. The van der Waals surface area contributed by atoms with Crippen LogP contribution >= 0.6 is 0 Å². The van der Waals surface area contributed by atoms with E-state index in [0.717, 1.165) is 0 Å². The van der Waals surface area contributed by atoms with Crippen LogP contribution in [0.15, 0.2) is 36.8 Å². The first-order chi connectivity index (χ1) is 13.9. The topological polar surface area (TPSA) is 118 Å². The van der Waals surface area contributed by atoms with Gasteiger partial charge in [0.15, 0.2) is 15.7 Å². The normalized spacial score (nSPS) is 21.2. The molecule has 4 rings (SSSR count). The Labute approximate surface area is 168 Å². The zero-order valence-electron chi connectivity index (χ0n) is 15.8. The van der Waals surface area contributed by atoms with Crippen molar-refractivity contribution in [1.82, 2.24) is 24.6 Å². The van der Waals surface area contributed by atoms with Gasteiger partial charge in [-0.15, -0.1) is 0 Å². The Balaban J connectivity index is 1.35. The fourth-order valence-electron chi connectivity index (χ4n) is 3.64. The van der Waals surface area contributed by atoms with Gasteiger partial charge in [-0.3, -0.25) is 4.79 Å². The van der Waals surface area contributed by atoms with Crippen molar-refractivity contribution in [3.8, 4) is 5.82 Å². The number of hydrogen-bond acceptors (Lipinski definition) is 6. The molecule has 10 nitrogen and oxygen atoms in total. The Morgan fingerprint density at radius 2 is 1.83 bits per heavy atom. The molecule has 0 radical (unpaired) electrons. The molecule has 2 aromatic heterocycles. The van der Waals surface area contributed by atoms with Gasteiger partial charge < -0.3 is 15.1 Å². The molecule has 2 aliphatic heterocycles. The smallest absolute Gasteiger partial charge is 0.322 e. The van der Waals surface area contributed by atoms with E-state index < -0.39 is 15.8 Å². The molecule has 1 unspecified atom stereocenters. The molecule has 0 bridgehead atoms. The third-order valence-electron chi connectivity index (χ3n) is 5.21. The third-order valence-corrected chi connectivity index (χ3v) is 6.98. The van der Waals surface area contributed by atoms with Gasteiger partial charge in [0.05, 0.1) is 23.1 Å². The Kier molecular flexibility index (Phi) is 5.22. The maximum atomic E-state index is 12.7. The molecular weight excluding hydrogens is 396 g/mol. The number of piperazine rings is 1. The number of hydrogen-bond donors (Lipinski definition) is 1. The van der Waals surface area contributed by atoms with E-state index in [0.29, 0.717) is 44.1 Å². The van der Waals surface area contributed by atoms with Crippen LogP contribution in [0, 0.1) is 5.92 Å². The molecule has 11 heteroatoms. The molecule has 1 atom stereocenters. The maximum absolute atomic E-state index is 12.7. The van der Waals surface area contributed by atoms with Gasteiger partial charge >= 0.3 is 6.03 Å². The van der Waals surface area contributed by atoms with Crippen LogP contribution in [0.4, 0.5) is 10.5 Å². The summed E-state index contributed by atoms with van der Waals surface area (Å²) in [6, 6.07) is 4.98. The number of carbonyl (C=O) groups excluding carboxylic acids is 2. The Bertz CT molecular complexity index is 999. The van der Waals surface area contributed by atoms with E-state index in [1.165, 1.54) is 0 Å². The molecule has 2 saturated heterocycles. The number of anilines is 1. The highest BCUT2D eigenvalue weighted by molar-refractivity contribution is 7.91. The van der Waals surface area contributed by atoms with Gasteiger partial charge in [-0.2, -0.15) is 5.10 Å². The summed E-state index contributed by atoms with van der Waals surface area (Å²) < 4.78 is 24.8. The Morgan fingerprint density at radius 1 is 1.07 bits per heavy atom. The van der Waals surface area contributed by atoms with Crippen LogP contribution in [-0.4, -0.2) is 82.6 Å². The molecule has 2 aromatic rings. The van der Waals surface area contributed by atoms with Gasteiger partial charge in [0.2, 0.25) is 5.91 Å². The van der Waals surface area contributed by atoms with E-state index in [1.807, 2.05) is 0 Å². The molecule has 1 N–H and O–H groups in total. The Morgan fingerprint density at radius 3 is 2.48 bits per heavy atom. The Hall–Kier alpha value is -2.95. The standard InChI is InChI=1S/C18H22N6O4S/c25-17(14-4-12-29(27,28)13-14)22-8-10-23(11-9-22)18(26)21-15-3-1-5-19-16(15)24-7-2-6-20-24/h1-3,5-7,14H,4,8-13H2,(H,21,26). The first kappa shape index (κ1) is 19.4. The molecular formula is C18H22N6O4S. The molecule has 0 spiro atoms. The highest BCUT2D eigenvalue weighted by Crippen LogP contribution is 2.22. The zero-order chi connectivity index (χ0) is 20.4. The van der Waals surface area contributed by atoms with Gasteiger partial charge in [-0.25, -0.2) is 22.9 Å². The third kappa shape index (κ3) is 4.24. The molecule has 29 heavy (non-hydrogen) atoms. The highest BCUT2D eigenvalue weighted by atomic mass is 32.2. The average Bonchev–Trinajstić information content (AvgIpc) is 3.37. The van der Waals surface area contributed by atoms with E-state index in [-0.39, 0.29) is 23.4 Å². The van der Waals surface area contributed by atoms with Crippen molar-refractivity contribution < 1.29 is 18.0 Å². The number of nitrogens with zero attached hydrogens (tertiary/aromatic N) is 5. The minimum Gasteiger partial charge on any atom is -0.339 e. The predicted octanol–water partition coefficient (Wildman–Crippen LogP) is 0.378. The lowest BCUT2D eigenvalue weighted by atomic mass is 10.1. The summed E-state index contributed by atoms with van der Waals surface area (Å²) in [6.45, 7) is 1.55. The van der Waals surface area contributed by atoms with Gasteiger partial charge in [0.1, 0.15) is 0 Å². The predicted molar refractivity (Wildman–Crippen MR) is 105 cm³/mol. The van der Waals surface area contributed by atoms with Crippen LogP contribution in [0.1, 0.15) is 6.42 Å². The fraction of sp³-hybridized carbons (Fsp3) is 0.444. The second kappa shape index (κ2) is 7.82. The molecule has 3 amide bonds. The summed E-state index contributed by atoms with van der Waals surface area (Å²) in [5.41, 5.74) is 0.538. The highest BCUT2D eigenvalue weighted by Gasteiger charge is 2.36. The van der Waals surface area contributed by atoms with Gasteiger partial charge in [0.25, 0.3) is 0 Å². The number of urea groups is 1. The van der Waals surface area contributed by atoms with Crippen molar-refractivity contribution in [3.05, 3.63) is 36.8 Å². The summed E-state index contributed by atoms with van der Waals surface area (Å²) in [7, 11) is -3.10. The summed E-state index contributed by atoms with van der Waals surface area (Å²) in [6.07, 6.45) is 5.39. The summed E-state index contributed by atoms with van der Waals surface area (Å²) in [4.78, 5) is 32.8. The van der Waals surface area contributed by atoms with Crippen LogP contribution in [0.3, 0.4) is 0 Å². The van der Waals surface area contributed by atoms with E-state index >= 15 is 0 Å². The molecule has 2 aliphatic rings. The number of carbonyl (C=O) groups is 2. The van der Waals surface area contributed by atoms with Crippen LogP contribution in [0.2, 0.25) is 0 Å². The van der Waals surface area contributed by atoms with Crippen LogP contribution in [0.25, 0.3) is 5.82 Å². The van der Waals surface area contributed by atoms with Gasteiger partial charge in [-0.05, 0) is 24.6 Å². The van der Waals surface area contributed by atoms with Crippen molar-refractivity contribution in [3.63, 3.8) is 0 Å². The van der Waals surface area contributed by atoms with E-state index in [9.17, 15) is 18.0 Å². The molecule has 2 fully saturated rings. The first-order valence-corrected chi connectivity index (χ1v) is 11.3. The van der Waals surface area contributed by atoms with Crippen molar-refractivity contribution in [2.24, 2.45) is 5.92 Å². The number of pyridine rings is 1. The van der Waals surface area contributed by atoms with Gasteiger partial charge in [-0.1, -0.05) is 0 Å². The van der Waals surface area contributed by atoms with Crippen molar-refractivity contribution >= 4 is 27.5 Å². The lowest BCUT2D eigenvalue weighted by molar-refractivity contribution is -0.136. The van der Waals surface area contributed by atoms with E-state index in [2.05, 4.69) is 15.4 Å². The second-order valence-electron chi connectivity index (χ2n) is 7.17. The van der Waals surface area contributed by atoms with Crippen molar-refractivity contribution in [1.29, 1.82) is 0 Å².